The van der Waals surface area contributed by atoms with Crippen LogP contribution in [0.3, 0.4) is 0 Å². The van der Waals surface area contributed by atoms with E-state index in [9.17, 15) is 5.11 Å². The molecule has 1 atom stereocenters. The van der Waals surface area contributed by atoms with Gasteiger partial charge in [-0.15, -0.1) is 0 Å². The van der Waals surface area contributed by atoms with E-state index in [1.807, 2.05) is 42.5 Å². The summed E-state index contributed by atoms with van der Waals surface area (Å²) in [5, 5.41) is 13.7. The molecule has 0 unspecified atom stereocenters. The maximum absolute atomic E-state index is 10.4. The van der Waals surface area contributed by atoms with E-state index in [4.69, 9.17) is 4.74 Å². The molecule has 3 rings (SSSR count). The van der Waals surface area contributed by atoms with Crippen molar-refractivity contribution in [2.75, 3.05) is 26.2 Å². The van der Waals surface area contributed by atoms with Crippen LogP contribution >= 0.6 is 0 Å². The quantitative estimate of drug-likeness (QED) is 0.891. The van der Waals surface area contributed by atoms with E-state index in [0.29, 0.717) is 18.1 Å². The summed E-state index contributed by atoms with van der Waals surface area (Å²) in [5.41, 5.74) is 2.07. The standard InChI is InChI=1S/C19H24N2O2/c1-15(21-11-9-20-10-12-21)18-8-7-17(13-19(18)22)23-14-16-5-3-2-4-6-16/h2-8,13,15,20,22H,9-12,14H2,1H3/t15-/m1/s1. The smallest absolute Gasteiger partial charge is 0.124 e. The molecule has 2 aromatic carbocycles. The van der Waals surface area contributed by atoms with Gasteiger partial charge in [-0.05, 0) is 18.6 Å². The lowest BCUT2D eigenvalue weighted by molar-refractivity contribution is 0.182. The lowest BCUT2D eigenvalue weighted by Crippen LogP contribution is -2.44. The second-order valence-electron chi connectivity index (χ2n) is 5.96. The van der Waals surface area contributed by atoms with Gasteiger partial charge in [0.05, 0.1) is 0 Å². The average Bonchev–Trinajstić information content (AvgIpc) is 2.61. The van der Waals surface area contributed by atoms with Crippen LogP contribution in [0.5, 0.6) is 11.5 Å². The molecule has 122 valence electrons. The highest BCUT2D eigenvalue weighted by molar-refractivity contribution is 5.41. The number of nitrogens with one attached hydrogen (secondary N) is 1. The molecule has 0 spiro atoms. The minimum Gasteiger partial charge on any atom is -0.507 e. The Morgan fingerprint density at radius 1 is 1.13 bits per heavy atom. The van der Waals surface area contributed by atoms with Crippen LogP contribution in [-0.2, 0) is 6.61 Å². The Balaban J connectivity index is 1.65. The summed E-state index contributed by atoms with van der Waals surface area (Å²) in [6.07, 6.45) is 0. The number of aromatic hydroxyl groups is 1. The van der Waals surface area contributed by atoms with E-state index >= 15 is 0 Å². The van der Waals surface area contributed by atoms with Crippen molar-refractivity contribution in [2.45, 2.75) is 19.6 Å². The topological polar surface area (TPSA) is 44.7 Å². The molecule has 0 radical (unpaired) electrons. The number of piperazine rings is 1. The highest BCUT2D eigenvalue weighted by Crippen LogP contribution is 2.32. The van der Waals surface area contributed by atoms with Gasteiger partial charge in [-0.3, -0.25) is 4.90 Å². The first-order valence-corrected chi connectivity index (χ1v) is 8.18. The summed E-state index contributed by atoms with van der Waals surface area (Å²) >= 11 is 0. The van der Waals surface area contributed by atoms with Gasteiger partial charge in [-0.25, -0.2) is 0 Å². The van der Waals surface area contributed by atoms with Crippen molar-refractivity contribution in [2.24, 2.45) is 0 Å². The van der Waals surface area contributed by atoms with Crippen LogP contribution in [0.2, 0.25) is 0 Å². The van der Waals surface area contributed by atoms with E-state index in [1.54, 1.807) is 6.07 Å². The van der Waals surface area contributed by atoms with Crippen LogP contribution in [0.15, 0.2) is 48.5 Å². The van der Waals surface area contributed by atoms with E-state index in [0.717, 1.165) is 37.3 Å². The Morgan fingerprint density at radius 3 is 2.57 bits per heavy atom. The molecular formula is C19H24N2O2. The van der Waals surface area contributed by atoms with Crippen molar-refractivity contribution in [3.05, 3.63) is 59.7 Å². The molecule has 23 heavy (non-hydrogen) atoms. The molecular weight excluding hydrogens is 288 g/mol. The molecule has 4 nitrogen and oxygen atoms in total. The van der Waals surface area contributed by atoms with E-state index < -0.39 is 0 Å². The summed E-state index contributed by atoms with van der Waals surface area (Å²) in [7, 11) is 0. The summed E-state index contributed by atoms with van der Waals surface area (Å²) in [5.74, 6) is 1.00. The van der Waals surface area contributed by atoms with E-state index in [1.165, 1.54) is 0 Å². The number of nitrogens with zero attached hydrogens (tertiary/aromatic N) is 1. The van der Waals surface area contributed by atoms with Gasteiger partial charge in [0.1, 0.15) is 18.1 Å². The first-order valence-electron chi connectivity index (χ1n) is 8.18. The zero-order valence-corrected chi connectivity index (χ0v) is 13.5. The van der Waals surface area contributed by atoms with Gasteiger partial charge in [0.15, 0.2) is 0 Å². The van der Waals surface area contributed by atoms with Crippen LogP contribution < -0.4 is 10.1 Å². The molecule has 4 heteroatoms. The van der Waals surface area contributed by atoms with Crippen molar-refractivity contribution < 1.29 is 9.84 Å². The molecule has 0 aromatic heterocycles. The van der Waals surface area contributed by atoms with Crippen molar-refractivity contribution in [1.29, 1.82) is 0 Å². The predicted octanol–water partition coefficient (Wildman–Crippen LogP) is 2.94. The molecule has 2 N–H and O–H groups in total. The largest absolute Gasteiger partial charge is 0.507 e. The molecule has 2 aromatic rings. The summed E-state index contributed by atoms with van der Waals surface area (Å²) in [6, 6.07) is 15.9. The molecule has 1 aliphatic heterocycles. The first kappa shape index (κ1) is 15.8. The second kappa shape index (κ2) is 7.49. The van der Waals surface area contributed by atoms with Gasteiger partial charge >= 0.3 is 0 Å². The van der Waals surface area contributed by atoms with Crippen molar-refractivity contribution in [3.63, 3.8) is 0 Å². The zero-order valence-electron chi connectivity index (χ0n) is 13.5. The molecule has 1 saturated heterocycles. The summed E-state index contributed by atoms with van der Waals surface area (Å²) < 4.78 is 5.77. The molecule has 1 aliphatic rings. The molecule has 0 aliphatic carbocycles. The highest BCUT2D eigenvalue weighted by atomic mass is 16.5. The molecule has 1 heterocycles. The van der Waals surface area contributed by atoms with E-state index in [2.05, 4.69) is 17.1 Å². The van der Waals surface area contributed by atoms with Crippen LogP contribution in [0.25, 0.3) is 0 Å². The fourth-order valence-corrected chi connectivity index (χ4v) is 2.97. The first-order chi connectivity index (χ1) is 11.2. The van der Waals surface area contributed by atoms with Crippen LogP contribution in [-0.4, -0.2) is 36.2 Å². The Labute approximate surface area is 137 Å². The molecule has 0 amide bonds. The van der Waals surface area contributed by atoms with Crippen molar-refractivity contribution in [1.82, 2.24) is 10.2 Å². The van der Waals surface area contributed by atoms with Gasteiger partial charge in [-0.2, -0.15) is 0 Å². The SMILES string of the molecule is C[C@H](c1ccc(OCc2ccccc2)cc1O)N1CCNCC1. The fourth-order valence-electron chi connectivity index (χ4n) is 2.97. The summed E-state index contributed by atoms with van der Waals surface area (Å²) in [4.78, 5) is 2.38. The zero-order chi connectivity index (χ0) is 16.1. The Morgan fingerprint density at radius 2 is 1.87 bits per heavy atom. The average molecular weight is 312 g/mol. The van der Waals surface area contributed by atoms with Crippen LogP contribution in [0.4, 0.5) is 0 Å². The Bertz CT molecular complexity index is 625. The molecule has 0 bridgehead atoms. The monoisotopic (exact) mass is 312 g/mol. The minimum absolute atomic E-state index is 0.209. The van der Waals surface area contributed by atoms with Gasteiger partial charge < -0.3 is 15.2 Å². The number of benzene rings is 2. The minimum atomic E-state index is 0.209. The Kier molecular flexibility index (Phi) is 5.16. The maximum atomic E-state index is 10.4. The number of rotatable bonds is 5. The highest BCUT2D eigenvalue weighted by Gasteiger charge is 2.20. The van der Waals surface area contributed by atoms with E-state index in [-0.39, 0.29) is 6.04 Å². The predicted molar refractivity (Wildman–Crippen MR) is 91.7 cm³/mol. The number of ether oxygens (including phenoxy) is 1. The molecule has 1 fully saturated rings. The lowest BCUT2D eigenvalue weighted by atomic mass is 10.0. The number of phenolic OH excluding ortho intramolecular Hbond substituents is 1. The van der Waals surface area contributed by atoms with Gasteiger partial charge in [0.25, 0.3) is 0 Å². The normalized spacial score (nSPS) is 16.9. The number of hydrogen-bond donors (Lipinski definition) is 2. The maximum Gasteiger partial charge on any atom is 0.124 e. The van der Waals surface area contributed by atoms with Crippen LogP contribution in [0, 0.1) is 0 Å². The second-order valence-corrected chi connectivity index (χ2v) is 5.96. The third-order valence-corrected chi connectivity index (χ3v) is 4.40. The third kappa shape index (κ3) is 4.03. The summed E-state index contributed by atoms with van der Waals surface area (Å²) in [6.45, 7) is 6.67. The van der Waals surface area contributed by atoms with Gasteiger partial charge in [-0.1, -0.05) is 36.4 Å². The van der Waals surface area contributed by atoms with Crippen molar-refractivity contribution in [3.8, 4) is 11.5 Å². The van der Waals surface area contributed by atoms with Crippen molar-refractivity contribution >= 4 is 0 Å². The number of phenols is 1. The lowest BCUT2D eigenvalue weighted by Gasteiger charge is -2.33. The number of hydrogen-bond acceptors (Lipinski definition) is 4. The van der Waals surface area contributed by atoms with Gasteiger partial charge in [0, 0.05) is 43.9 Å². The third-order valence-electron chi connectivity index (χ3n) is 4.40. The fraction of sp³-hybridized carbons (Fsp3) is 0.368. The van der Waals surface area contributed by atoms with Gasteiger partial charge in [0.2, 0.25) is 0 Å². The molecule has 0 saturated carbocycles. The Hall–Kier alpha value is -2.04. The van der Waals surface area contributed by atoms with Crippen LogP contribution in [0.1, 0.15) is 24.1 Å².